The van der Waals surface area contributed by atoms with Crippen LogP contribution in [0, 0.1) is 5.82 Å². The van der Waals surface area contributed by atoms with Gasteiger partial charge in [-0.3, -0.25) is 0 Å². The lowest BCUT2D eigenvalue weighted by atomic mass is 10.1. The summed E-state index contributed by atoms with van der Waals surface area (Å²) in [7, 11) is 1.60. The van der Waals surface area contributed by atoms with Gasteiger partial charge in [0.1, 0.15) is 17.9 Å². The molecule has 0 amide bonds. The van der Waals surface area contributed by atoms with Gasteiger partial charge >= 0.3 is 0 Å². The molecule has 0 aliphatic carbocycles. The number of nitrogens with one attached hydrogen (secondary N) is 1. The van der Waals surface area contributed by atoms with Gasteiger partial charge in [0.25, 0.3) is 5.88 Å². The molecule has 0 bridgehead atoms. The number of halogens is 2. The van der Waals surface area contributed by atoms with Crippen molar-refractivity contribution in [2.45, 2.75) is 25.7 Å². The van der Waals surface area contributed by atoms with Crippen LogP contribution in [0.15, 0.2) is 41.7 Å². The van der Waals surface area contributed by atoms with Crippen molar-refractivity contribution in [1.82, 2.24) is 14.9 Å². The van der Waals surface area contributed by atoms with E-state index in [-0.39, 0.29) is 10.9 Å². The lowest BCUT2D eigenvalue weighted by Gasteiger charge is -2.26. The number of piperidine rings is 1. The van der Waals surface area contributed by atoms with Gasteiger partial charge in [-0.05, 0) is 56.6 Å². The standard InChI is InChI=1S/C26H27ClFN5O3/c1-34-22-14-21-17(12-23(22)35-11-5-10-33-8-3-2-4-9-33)15-29-24-25(30-16-31-26(24)36-21)32-18-6-7-20(28)19(27)13-18/h6-7,12-16H,2-5,8-11H2,1H3,(H,30,31,32). The zero-order valence-electron chi connectivity index (χ0n) is 20.0. The Labute approximate surface area is 214 Å². The third-order valence-corrected chi connectivity index (χ3v) is 6.42. The van der Waals surface area contributed by atoms with Crippen molar-refractivity contribution >= 4 is 35.0 Å². The molecule has 1 aromatic heterocycles. The van der Waals surface area contributed by atoms with E-state index in [9.17, 15) is 4.39 Å². The molecular weight excluding hydrogens is 485 g/mol. The second-order valence-electron chi connectivity index (χ2n) is 8.64. The highest BCUT2D eigenvalue weighted by atomic mass is 35.5. The summed E-state index contributed by atoms with van der Waals surface area (Å²) in [6.45, 7) is 3.96. The Kier molecular flexibility index (Phi) is 7.48. The molecule has 36 heavy (non-hydrogen) atoms. The van der Waals surface area contributed by atoms with E-state index in [2.05, 4.69) is 25.2 Å². The molecule has 8 nitrogen and oxygen atoms in total. The zero-order valence-corrected chi connectivity index (χ0v) is 20.7. The summed E-state index contributed by atoms with van der Waals surface area (Å²) < 4.78 is 31.3. The average Bonchev–Trinajstić information content (AvgIpc) is 3.08. The summed E-state index contributed by atoms with van der Waals surface area (Å²) in [5.41, 5.74) is 1.67. The minimum Gasteiger partial charge on any atom is -0.493 e. The van der Waals surface area contributed by atoms with E-state index in [1.165, 1.54) is 50.8 Å². The number of methoxy groups -OCH3 is 1. The van der Waals surface area contributed by atoms with Crippen molar-refractivity contribution in [2.75, 3.05) is 38.7 Å². The largest absolute Gasteiger partial charge is 0.493 e. The number of nitrogens with zero attached hydrogens (tertiary/aromatic N) is 4. The van der Waals surface area contributed by atoms with E-state index < -0.39 is 5.82 Å². The molecule has 2 aliphatic rings. The molecule has 5 rings (SSSR count). The van der Waals surface area contributed by atoms with Crippen LogP contribution in [0.5, 0.6) is 23.1 Å². The highest BCUT2D eigenvalue weighted by Gasteiger charge is 2.21. The third kappa shape index (κ3) is 5.52. The Balaban J connectivity index is 1.33. The Morgan fingerprint density at radius 2 is 1.97 bits per heavy atom. The van der Waals surface area contributed by atoms with E-state index in [1.807, 2.05) is 6.07 Å². The number of aliphatic imine (C=N–C) groups is 1. The van der Waals surface area contributed by atoms with Gasteiger partial charge < -0.3 is 24.4 Å². The fourth-order valence-corrected chi connectivity index (χ4v) is 4.45. The van der Waals surface area contributed by atoms with Crippen LogP contribution in [0.3, 0.4) is 0 Å². The van der Waals surface area contributed by atoms with Crippen LogP contribution < -0.4 is 19.5 Å². The molecule has 0 saturated carbocycles. The van der Waals surface area contributed by atoms with E-state index in [0.29, 0.717) is 41.0 Å². The van der Waals surface area contributed by atoms with Crippen LogP contribution in [-0.2, 0) is 0 Å². The third-order valence-electron chi connectivity index (χ3n) is 6.13. The molecular formula is C26H27ClFN5O3. The van der Waals surface area contributed by atoms with E-state index in [4.69, 9.17) is 25.8 Å². The summed E-state index contributed by atoms with van der Waals surface area (Å²) in [5.74, 6) is 1.89. The van der Waals surface area contributed by atoms with Gasteiger partial charge in [0.05, 0.1) is 18.7 Å². The SMILES string of the molecule is COc1cc2c(cc1OCCCN1CCCCC1)C=Nc1c(Nc3ccc(F)c(Cl)c3)ncnc1O2. The number of benzene rings is 2. The van der Waals surface area contributed by atoms with Crippen LogP contribution in [-0.4, -0.2) is 54.4 Å². The Morgan fingerprint density at radius 3 is 2.78 bits per heavy atom. The highest BCUT2D eigenvalue weighted by Crippen LogP contribution is 2.42. The number of fused-ring (bicyclic) bond motifs is 2. The number of hydrogen-bond donors (Lipinski definition) is 1. The van der Waals surface area contributed by atoms with Crippen molar-refractivity contribution in [3.8, 4) is 23.1 Å². The van der Waals surface area contributed by atoms with Crippen molar-refractivity contribution in [3.05, 3.63) is 53.1 Å². The van der Waals surface area contributed by atoms with Crippen LogP contribution >= 0.6 is 11.6 Å². The first-order chi connectivity index (χ1) is 17.6. The van der Waals surface area contributed by atoms with Gasteiger partial charge in [-0.25, -0.2) is 14.4 Å². The van der Waals surface area contributed by atoms with Crippen LogP contribution in [0.1, 0.15) is 31.2 Å². The van der Waals surface area contributed by atoms with Gasteiger partial charge in [-0.15, -0.1) is 0 Å². The number of hydrogen-bond acceptors (Lipinski definition) is 8. The van der Waals surface area contributed by atoms with Gasteiger partial charge in [0.2, 0.25) is 0 Å². The molecule has 188 valence electrons. The molecule has 2 aliphatic heterocycles. The van der Waals surface area contributed by atoms with Crippen LogP contribution in [0.2, 0.25) is 5.02 Å². The Morgan fingerprint density at radius 1 is 1.11 bits per heavy atom. The normalized spacial score (nSPS) is 14.9. The first-order valence-electron chi connectivity index (χ1n) is 12.0. The summed E-state index contributed by atoms with van der Waals surface area (Å²) in [6, 6.07) is 7.93. The average molecular weight is 512 g/mol. The first-order valence-corrected chi connectivity index (χ1v) is 12.3. The van der Waals surface area contributed by atoms with Gasteiger partial charge in [0.15, 0.2) is 23.0 Å². The van der Waals surface area contributed by atoms with Crippen molar-refractivity contribution in [3.63, 3.8) is 0 Å². The second kappa shape index (κ2) is 11.1. The Hall–Kier alpha value is -3.43. The van der Waals surface area contributed by atoms with Crippen LogP contribution in [0.4, 0.5) is 21.6 Å². The molecule has 10 heteroatoms. The Bertz CT molecular complexity index is 1270. The molecule has 0 unspecified atom stereocenters. The molecule has 1 fully saturated rings. The molecule has 1 saturated heterocycles. The monoisotopic (exact) mass is 511 g/mol. The fourth-order valence-electron chi connectivity index (χ4n) is 4.27. The molecule has 2 aromatic carbocycles. The zero-order chi connectivity index (χ0) is 24.9. The summed E-state index contributed by atoms with van der Waals surface area (Å²) in [6.07, 6.45) is 7.86. The molecule has 1 N–H and O–H groups in total. The first kappa shape index (κ1) is 24.3. The van der Waals surface area contributed by atoms with Gasteiger partial charge in [-0.2, -0.15) is 4.98 Å². The number of rotatable bonds is 8. The van der Waals surface area contributed by atoms with Gasteiger partial charge in [0, 0.05) is 30.1 Å². The predicted octanol–water partition coefficient (Wildman–Crippen LogP) is 6.13. The summed E-state index contributed by atoms with van der Waals surface area (Å²) >= 11 is 5.91. The minimum atomic E-state index is -0.501. The maximum Gasteiger partial charge on any atom is 0.250 e. The van der Waals surface area contributed by atoms with E-state index >= 15 is 0 Å². The number of ether oxygens (including phenoxy) is 3. The fraction of sp³-hybridized carbons (Fsp3) is 0.346. The summed E-state index contributed by atoms with van der Waals surface area (Å²) in [5, 5.41) is 3.10. The minimum absolute atomic E-state index is 0.00264. The van der Waals surface area contributed by atoms with Crippen LogP contribution in [0.25, 0.3) is 0 Å². The van der Waals surface area contributed by atoms with E-state index in [0.717, 1.165) is 18.5 Å². The second-order valence-corrected chi connectivity index (χ2v) is 9.04. The number of aromatic nitrogens is 2. The molecule has 3 aromatic rings. The van der Waals surface area contributed by atoms with Gasteiger partial charge in [-0.1, -0.05) is 18.0 Å². The lowest BCUT2D eigenvalue weighted by molar-refractivity contribution is 0.203. The number of anilines is 2. The predicted molar refractivity (Wildman–Crippen MR) is 137 cm³/mol. The lowest BCUT2D eigenvalue weighted by Crippen LogP contribution is -2.31. The molecule has 0 atom stereocenters. The summed E-state index contributed by atoms with van der Waals surface area (Å²) in [4.78, 5) is 15.6. The quantitative estimate of drug-likeness (QED) is 0.285. The molecule has 3 heterocycles. The topological polar surface area (TPSA) is 81.1 Å². The van der Waals surface area contributed by atoms with Crippen molar-refractivity contribution < 1.29 is 18.6 Å². The molecule has 0 spiro atoms. The van der Waals surface area contributed by atoms with Crippen molar-refractivity contribution in [1.29, 1.82) is 0 Å². The smallest absolute Gasteiger partial charge is 0.250 e. The molecule has 0 radical (unpaired) electrons. The number of likely N-dealkylation sites (tertiary alicyclic amines) is 1. The maximum absolute atomic E-state index is 13.5. The highest BCUT2D eigenvalue weighted by molar-refractivity contribution is 6.31. The van der Waals surface area contributed by atoms with Crippen molar-refractivity contribution in [2.24, 2.45) is 4.99 Å². The maximum atomic E-state index is 13.5. The van der Waals surface area contributed by atoms with E-state index in [1.54, 1.807) is 25.5 Å².